The molecule has 0 radical (unpaired) electrons. The molecule has 5 rings (SSSR count). The van der Waals surface area contributed by atoms with Crippen molar-refractivity contribution >= 4 is 23.4 Å². The van der Waals surface area contributed by atoms with Crippen molar-refractivity contribution in [3.05, 3.63) is 90.3 Å². The fraction of sp³-hybridized carbons (Fsp3) is 0.200. The van der Waals surface area contributed by atoms with Crippen LogP contribution in [0.2, 0.25) is 0 Å². The lowest BCUT2D eigenvalue weighted by Crippen LogP contribution is -2.37. The van der Waals surface area contributed by atoms with E-state index in [4.69, 9.17) is 0 Å². The normalized spacial score (nSPS) is 15.0. The highest BCUT2D eigenvalue weighted by molar-refractivity contribution is 7.99. The van der Waals surface area contributed by atoms with E-state index in [1.807, 2.05) is 53.4 Å². The molecule has 3 heterocycles. The third-order valence-corrected chi connectivity index (χ3v) is 6.59. The summed E-state index contributed by atoms with van der Waals surface area (Å²) in [4.78, 5) is 19.2. The molecule has 160 valence electrons. The zero-order chi connectivity index (χ0) is 21.9. The second kappa shape index (κ2) is 8.96. The van der Waals surface area contributed by atoms with E-state index in [2.05, 4.69) is 44.9 Å². The number of aromatic nitrogens is 4. The number of hydrogen-bond acceptors (Lipinski definition) is 5. The number of para-hydroxylation sites is 1. The van der Waals surface area contributed by atoms with Crippen molar-refractivity contribution in [1.82, 2.24) is 19.7 Å². The van der Waals surface area contributed by atoms with E-state index in [1.54, 1.807) is 12.4 Å². The molecule has 7 heteroatoms. The Morgan fingerprint density at radius 1 is 1.00 bits per heavy atom. The number of thioether (sulfide) groups is 1. The molecule has 0 saturated carbocycles. The number of anilines is 1. The summed E-state index contributed by atoms with van der Waals surface area (Å²) in [5, 5.41) is 9.61. The molecular formula is C25H23N5OS. The van der Waals surface area contributed by atoms with Crippen LogP contribution >= 0.6 is 11.8 Å². The SMILES string of the molecule is CC1Cc2ccccc2N1C(=O)CSc1nnc(-c2ccncc2)n1Cc1ccccc1. The zero-order valence-corrected chi connectivity index (χ0v) is 18.6. The molecule has 0 aliphatic carbocycles. The number of carbonyl (C=O) groups is 1. The van der Waals surface area contributed by atoms with Gasteiger partial charge in [0.2, 0.25) is 5.91 Å². The van der Waals surface area contributed by atoms with Crippen molar-refractivity contribution in [3.8, 4) is 11.4 Å². The Labute approximate surface area is 191 Å². The quantitative estimate of drug-likeness (QED) is 0.414. The molecule has 1 aliphatic rings. The fourth-order valence-corrected chi connectivity index (χ4v) is 4.96. The van der Waals surface area contributed by atoms with Gasteiger partial charge in [-0.25, -0.2) is 0 Å². The van der Waals surface area contributed by atoms with Crippen molar-refractivity contribution < 1.29 is 4.79 Å². The van der Waals surface area contributed by atoms with Crippen molar-refractivity contribution in [2.24, 2.45) is 0 Å². The first-order valence-corrected chi connectivity index (χ1v) is 11.6. The average molecular weight is 442 g/mol. The van der Waals surface area contributed by atoms with E-state index in [0.717, 1.165) is 34.2 Å². The summed E-state index contributed by atoms with van der Waals surface area (Å²) in [6.07, 6.45) is 4.39. The smallest absolute Gasteiger partial charge is 0.237 e. The summed E-state index contributed by atoms with van der Waals surface area (Å²) >= 11 is 1.44. The first-order valence-electron chi connectivity index (χ1n) is 10.6. The van der Waals surface area contributed by atoms with Crippen molar-refractivity contribution in [3.63, 3.8) is 0 Å². The number of hydrogen-bond donors (Lipinski definition) is 0. The van der Waals surface area contributed by atoms with Crippen LogP contribution in [0.5, 0.6) is 0 Å². The van der Waals surface area contributed by atoms with Gasteiger partial charge in [0.05, 0.1) is 12.3 Å². The Morgan fingerprint density at radius 2 is 1.75 bits per heavy atom. The molecule has 2 aromatic heterocycles. The molecule has 1 unspecified atom stereocenters. The number of fused-ring (bicyclic) bond motifs is 1. The molecule has 4 aromatic rings. The highest BCUT2D eigenvalue weighted by Crippen LogP contribution is 2.33. The lowest BCUT2D eigenvalue weighted by atomic mass is 10.1. The minimum Gasteiger partial charge on any atom is -0.308 e. The van der Waals surface area contributed by atoms with Crippen LogP contribution in [0.1, 0.15) is 18.1 Å². The van der Waals surface area contributed by atoms with Crippen LogP contribution in [-0.2, 0) is 17.8 Å². The fourth-order valence-electron chi connectivity index (χ4n) is 4.16. The van der Waals surface area contributed by atoms with E-state index >= 15 is 0 Å². The minimum absolute atomic E-state index is 0.0900. The second-order valence-corrected chi connectivity index (χ2v) is 8.79. The van der Waals surface area contributed by atoms with Gasteiger partial charge >= 0.3 is 0 Å². The van der Waals surface area contributed by atoms with Crippen LogP contribution in [0.3, 0.4) is 0 Å². The average Bonchev–Trinajstić information content (AvgIpc) is 3.38. The Hall–Kier alpha value is -3.45. The van der Waals surface area contributed by atoms with E-state index in [-0.39, 0.29) is 11.9 Å². The number of pyridine rings is 1. The molecule has 1 atom stereocenters. The first kappa shape index (κ1) is 20.5. The Balaban J connectivity index is 1.40. The van der Waals surface area contributed by atoms with Gasteiger partial charge in [-0.2, -0.15) is 0 Å². The highest BCUT2D eigenvalue weighted by Gasteiger charge is 2.30. The highest BCUT2D eigenvalue weighted by atomic mass is 32.2. The molecule has 32 heavy (non-hydrogen) atoms. The minimum atomic E-state index is 0.0900. The van der Waals surface area contributed by atoms with Gasteiger partial charge in [0.1, 0.15) is 0 Å². The third kappa shape index (κ3) is 4.03. The number of carbonyl (C=O) groups excluding carboxylic acids is 1. The summed E-state index contributed by atoms with van der Waals surface area (Å²) in [6, 6.07) is 22.4. The summed E-state index contributed by atoms with van der Waals surface area (Å²) < 4.78 is 2.07. The molecule has 0 bridgehead atoms. The number of benzene rings is 2. The Kier molecular flexibility index (Phi) is 5.73. The molecule has 0 spiro atoms. The molecule has 6 nitrogen and oxygen atoms in total. The van der Waals surface area contributed by atoms with Gasteiger partial charge in [-0.15, -0.1) is 10.2 Å². The predicted octanol–water partition coefficient (Wildman–Crippen LogP) is 4.46. The van der Waals surface area contributed by atoms with E-state index < -0.39 is 0 Å². The van der Waals surface area contributed by atoms with Crippen LogP contribution in [0.4, 0.5) is 5.69 Å². The summed E-state index contributed by atoms with van der Waals surface area (Å²) in [5.41, 5.74) is 4.35. The van der Waals surface area contributed by atoms with Gasteiger partial charge in [0, 0.05) is 29.7 Å². The van der Waals surface area contributed by atoms with E-state index in [1.165, 1.54) is 17.3 Å². The molecule has 2 aromatic carbocycles. The molecule has 1 amide bonds. The van der Waals surface area contributed by atoms with Crippen LogP contribution in [0.15, 0.2) is 84.3 Å². The maximum atomic E-state index is 13.2. The van der Waals surface area contributed by atoms with E-state index in [0.29, 0.717) is 12.3 Å². The van der Waals surface area contributed by atoms with Gasteiger partial charge in [-0.05, 0) is 42.7 Å². The number of nitrogens with zero attached hydrogens (tertiary/aromatic N) is 5. The Bertz CT molecular complexity index is 1230. The van der Waals surface area contributed by atoms with Crippen molar-refractivity contribution in [2.75, 3.05) is 10.7 Å². The van der Waals surface area contributed by atoms with Gasteiger partial charge in [-0.1, -0.05) is 60.3 Å². The van der Waals surface area contributed by atoms with Crippen molar-refractivity contribution in [1.29, 1.82) is 0 Å². The number of amides is 1. The van der Waals surface area contributed by atoms with Crippen LogP contribution in [0.25, 0.3) is 11.4 Å². The summed E-state index contributed by atoms with van der Waals surface area (Å²) in [7, 11) is 0. The Morgan fingerprint density at radius 3 is 2.56 bits per heavy atom. The van der Waals surface area contributed by atoms with E-state index in [9.17, 15) is 4.79 Å². The lowest BCUT2D eigenvalue weighted by molar-refractivity contribution is -0.116. The van der Waals surface area contributed by atoms with Gasteiger partial charge in [0.25, 0.3) is 0 Å². The number of rotatable bonds is 6. The molecule has 0 saturated heterocycles. The van der Waals surface area contributed by atoms with Crippen LogP contribution in [0, 0.1) is 0 Å². The molecular weight excluding hydrogens is 418 g/mol. The van der Waals surface area contributed by atoms with Crippen LogP contribution in [-0.4, -0.2) is 37.5 Å². The standard InChI is InChI=1S/C25H23N5OS/c1-18-15-21-9-5-6-10-22(21)30(18)23(31)17-32-25-28-27-24(20-11-13-26-14-12-20)29(25)16-19-7-3-2-4-8-19/h2-14,18H,15-17H2,1H3. The van der Waals surface area contributed by atoms with Gasteiger partial charge in [0.15, 0.2) is 11.0 Å². The third-order valence-electron chi connectivity index (χ3n) is 5.64. The topological polar surface area (TPSA) is 63.9 Å². The maximum absolute atomic E-state index is 13.2. The molecule has 0 N–H and O–H groups in total. The maximum Gasteiger partial charge on any atom is 0.237 e. The largest absolute Gasteiger partial charge is 0.308 e. The first-order chi connectivity index (χ1) is 15.7. The summed E-state index contributed by atoms with van der Waals surface area (Å²) in [6.45, 7) is 2.73. The zero-order valence-electron chi connectivity index (χ0n) is 17.8. The van der Waals surface area contributed by atoms with Crippen LogP contribution < -0.4 is 4.90 Å². The van der Waals surface area contributed by atoms with Crippen molar-refractivity contribution in [2.45, 2.75) is 31.1 Å². The lowest BCUT2D eigenvalue weighted by Gasteiger charge is -2.22. The second-order valence-electron chi connectivity index (χ2n) is 7.85. The monoisotopic (exact) mass is 441 g/mol. The summed E-state index contributed by atoms with van der Waals surface area (Å²) in [5.74, 6) is 1.17. The molecule has 0 fully saturated rings. The molecule has 1 aliphatic heterocycles. The predicted molar refractivity (Wildman–Crippen MR) is 127 cm³/mol. The van der Waals surface area contributed by atoms with Gasteiger partial charge < -0.3 is 4.90 Å². The van der Waals surface area contributed by atoms with Gasteiger partial charge in [-0.3, -0.25) is 14.3 Å².